The first-order chi connectivity index (χ1) is 6.31. The molecule has 0 aromatic heterocycles. The highest BCUT2D eigenvalue weighted by molar-refractivity contribution is 7.98. The summed E-state index contributed by atoms with van der Waals surface area (Å²) >= 11 is 1.76. The van der Waals surface area contributed by atoms with Crippen molar-refractivity contribution >= 4 is 17.7 Å². The van der Waals surface area contributed by atoms with E-state index in [9.17, 15) is 4.79 Å². The lowest BCUT2D eigenvalue weighted by Gasteiger charge is -2.04. The van der Waals surface area contributed by atoms with Crippen molar-refractivity contribution in [3.05, 3.63) is 0 Å². The Hall–Kier alpha value is -0.220. The predicted octanol–water partition coefficient (Wildman–Crippen LogP) is 1.28. The van der Waals surface area contributed by atoms with Crippen molar-refractivity contribution in [3.63, 3.8) is 0 Å². The van der Waals surface area contributed by atoms with Gasteiger partial charge in [0.2, 0.25) is 0 Å². The second kappa shape index (κ2) is 9.86. The molecule has 0 amide bonds. The second-order valence-corrected chi connectivity index (χ2v) is 3.73. The number of ether oxygens (including phenoxy) is 1. The van der Waals surface area contributed by atoms with Crippen LogP contribution in [0.15, 0.2) is 0 Å². The molecular weight excluding hydrogens is 186 g/mol. The van der Waals surface area contributed by atoms with Crippen LogP contribution in [-0.2, 0) is 9.53 Å². The lowest BCUT2D eigenvalue weighted by atomic mass is 10.4. The molecule has 0 aliphatic heterocycles. The van der Waals surface area contributed by atoms with E-state index in [2.05, 4.69) is 12.2 Å². The molecule has 1 N–H and O–H groups in total. The van der Waals surface area contributed by atoms with E-state index in [1.54, 1.807) is 11.8 Å². The van der Waals surface area contributed by atoms with Gasteiger partial charge in [0.05, 0.1) is 13.2 Å². The minimum atomic E-state index is -0.144. The smallest absolute Gasteiger partial charge is 0.319 e. The first-order valence-electron chi connectivity index (χ1n) is 4.66. The average molecular weight is 205 g/mol. The summed E-state index contributed by atoms with van der Waals surface area (Å²) in [5, 5.41) is 3.02. The van der Waals surface area contributed by atoms with Gasteiger partial charge in [0.15, 0.2) is 0 Å². The number of hydrogen-bond donors (Lipinski definition) is 1. The van der Waals surface area contributed by atoms with Gasteiger partial charge in [-0.3, -0.25) is 4.79 Å². The van der Waals surface area contributed by atoms with E-state index in [1.807, 2.05) is 6.26 Å². The van der Waals surface area contributed by atoms with E-state index < -0.39 is 0 Å². The Kier molecular flexibility index (Phi) is 9.70. The standard InChI is InChI=1S/C9H19NO2S/c1-3-4-6-12-9(11)8-10-5-7-13-2/h10H,3-8H2,1-2H3. The molecule has 4 heteroatoms. The summed E-state index contributed by atoms with van der Waals surface area (Å²) in [5.74, 6) is 0.886. The molecule has 0 fully saturated rings. The summed E-state index contributed by atoms with van der Waals surface area (Å²) < 4.78 is 4.95. The Bertz CT molecular complexity index is 131. The molecule has 0 spiro atoms. The van der Waals surface area contributed by atoms with Crippen molar-refractivity contribution < 1.29 is 9.53 Å². The Morgan fingerprint density at radius 2 is 2.31 bits per heavy atom. The maximum absolute atomic E-state index is 11.0. The monoisotopic (exact) mass is 205 g/mol. The van der Waals surface area contributed by atoms with E-state index in [1.165, 1.54) is 0 Å². The third kappa shape index (κ3) is 9.70. The minimum absolute atomic E-state index is 0.144. The van der Waals surface area contributed by atoms with Gasteiger partial charge in [-0.1, -0.05) is 13.3 Å². The molecule has 0 radical (unpaired) electrons. The SMILES string of the molecule is CCCCOC(=O)CNCCSC. The van der Waals surface area contributed by atoms with Crippen molar-refractivity contribution in [1.29, 1.82) is 0 Å². The van der Waals surface area contributed by atoms with Crippen LogP contribution in [0.2, 0.25) is 0 Å². The molecule has 0 saturated heterocycles. The van der Waals surface area contributed by atoms with Crippen molar-refractivity contribution in [3.8, 4) is 0 Å². The minimum Gasteiger partial charge on any atom is -0.465 e. The van der Waals surface area contributed by atoms with E-state index in [-0.39, 0.29) is 5.97 Å². The number of hydrogen-bond acceptors (Lipinski definition) is 4. The molecule has 0 aliphatic rings. The molecule has 0 heterocycles. The van der Waals surface area contributed by atoms with Crippen LogP contribution in [0.25, 0.3) is 0 Å². The Morgan fingerprint density at radius 3 is 2.92 bits per heavy atom. The third-order valence-electron chi connectivity index (χ3n) is 1.51. The number of nitrogens with one attached hydrogen (secondary N) is 1. The molecule has 78 valence electrons. The van der Waals surface area contributed by atoms with Crippen LogP contribution in [0.3, 0.4) is 0 Å². The zero-order chi connectivity index (χ0) is 9.94. The maximum Gasteiger partial charge on any atom is 0.319 e. The van der Waals surface area contributed by atoms with Gasteiger partial charge in [0.25, 0.3) is 0 Å². The molecule has 13 heavy (non-hydrogen) atoms. The second-order valence-electron chi connectivity index (χ2n) is 2.74. The van der Waals surface area contributed by atoms with Crippen LogP contribution in [-0.4, -0.2) is 37.7 Å². The molecule has 0 aromatic carbocycles. The average Bonchev–Trinajstić information content (AvgIpc) is 2.13. The number of unbranched alkanes of at least 4 members (excludes halogenated alkanes) is 1. The molecule has 0 saturated carbocycles. The number of esters is 1. The summed E-state index contributed by atoms with van der Waals surface area (Å²) in [6, 6.07) is 0. The fraction of sp³-hybridized carbons (Fsp3) is 0.889. The third-order valence-corrected chi connectivity index (χ3v) is 2.13. The van der Waals surface area contributed by atoms with Crippen molar-refractivity contribution in [1.82, 2.24) is 5.32 Å². The molecule has 3 nitrogen and oxygen atoms in total. The van der Waals surface area contributed by atoms with Gasteiger partial charge in [-0.25, -0.2) is 0 Å². The van der Waals surface area contributed by atoms with Gasteiger partial charge in [-0.15, -0.1) is 0 Å². The largest absolute Gasteiger partial charge is 0.465 e. The van der Waals surface area contributed by atoms with Crippen LogP contribution in [0.4, 0.5) is 0 Å². The van der Waals surface area contributed by atoms with Gasteiger partial charge in [-0.2, -0.15) is 11.8 Å². The van der Waals surface area contributed by atoms with Crippen LogP contribution in [0.1, 0.15) is 19.8 Å². The summed E-state index contributed by atoms with van der Waals surface area (Å²) in [4.78, 5) is 11.0. The molecule has 0 unspecified atom stereocenters. The zero-order valence-corrected chi connectivity index (χ0v) is 9.28. The Morgan fingerprint density at radius 1 is 1.54 bits per heavy atom. The molecule has 0 rings (SSSR count). The summed E-state index contributed by atoms with van der Waals surface area (Å²) in [6.45, 7) is 3.83. The number of thioether (sulfide) groups is 1. The van der Waals surface area contributed by atoms with E-state index in [0.717, 1.165) is 25.1 Å². The fourth-order valence-electron chi connectivity index (χ4n) is 0.746. The van der Waals surface area contributed by atoms with Crippen LogP contribution >= 0.6 is 11.8 Å². The first kappa shape index (κ1) is 12.8. The van der Waals surface area contributed by atoms with Crippen LogP contribution in [0, 0.1) is 0 Å². The number of rotatable bonds is 8. The topological polar surface area (TPSA) is 38.3 Å². The van der Waals surface area contributed by atoms with Crippen LogP contribution in [0.5, 0.6) is 0 Å². The van der Waals surface area contributed by atoms with E-state index >= 15 is 0 Å². The van der Waals surface area contributed by atoms with Gasteiger partial charge in [0.1, 0.15) is 0 Å². The number of carbonyl (C=O) groups excluding carboxylic acids is 1. The lowest BCUT2D eigenvalue weighted by Crippen LogP contribution is -2.26. The maximum atomic E-state index is 11.0. The highest BCUT2D eigenvalue weighted by Gasteiger charge is 1.99. The molecule has 0 atom stereocenters. The first-order valence-corrected chi connectivity index (χ1v) is 6.06. The lowest BCUT2D eigenvalue weighted by molar-refractivity contribution is -0.142. The van der Waals surface area contributed by atoms with Gasteiger partial charge in [0, 0.05) is 12.3 Å². The van der Waals surface area contributed by atoms with Crippen LogP contribution < -0.4 is 5.32 Å². The summed E-state index contributed by atoms with van der Waals surface area (Å²) in [6.07, 6.45) is 4.06. The molecule has 0 bridgehead atoms. The number of carbonyl (C=O) groups is 1. The highest BCUT2D eigenvalue weighted by Crippen LogP contribution is 1.89. The summed E-state index contributed by atoms with van der Waals surface area (Å²) in [5.41, 5.74) is 0. The normalized spacial score (nSPS) is 10.0. The fourth-order valence-corrected chi connectivity index (χ4v) is 1.09. The van der Waals surface area contributed by atoms with Gasteiger partial charge in [-0.05, 0) is 12.7 Å². The van der Waals surface area contributed by atoms with E-state index in [4.69, 9.17) is 4.74 Å². The molecule has 0 aliphatic carbocycles. The molecular formula is C9H19NO2S. The Balaban J connectivity index is 3.11. The van der Waals surface area contributed by atoms with Gasteiger partial charge >= 0.3 is 5.97 Å². The Labute approximate surface area is 84.6 Å². The highest BCUT2D eigenvalue weighted by atomic mass is 32.2. The van der Waals surface area contributed by atoms with Crippen molar-refractivity contribution in [2.24, 2.45) is 0 Å². The van der Waals surface area contributed by atoms with Gasteiger partial charge < -0.3 is 10.1 Å². The predicted molar refractivity (Wildman–Crippen MR) is 57.1 cm³/mol. The molecule has 0 aromatic rings. The van der Waals surface area contributed by atoms with Crippen molar-refractivity contribution in [2.75, 3.05) is 31.7 Å². The quantitative estimate of drug-likeness (QED) is 0.478. The van der Waals surface area contributed by atoms with E-state index in [0.29, 0.717) is 13.2 Å². The summed E-state index contributed by atoms with van der Waals surface area (Å²) in [7, 11) is 0. The zero-order valence-electron chi connectivity index (χ0n) is 8.47. The van der Waals surface area contributed by atoms with Crippen molar-refractivity contribution in [2.45, 2.75) is 19.8 Å².